The van der Waals surface area contributed by atoms with E-state index < -0.39 is 0 Å². The fraction of sp³-hybridized carbons (Fsp3) is 0.550. The summed E-state index contributed by atoms with van der Waals surface area (Å²) in [5.74, 6) is 2.50. The predicted octanol–water partition coefficient (Wildman–Crippen LogP) is 3.71. The Bertz CT molecular complexity index is 699. The van der Waals surface area contributed by atoms with Crippen LogP contribution in [0.2, 0.25) is 0 Å². The van der Waals surface area contributed by atoms with Crippen LogP contribution in [-0.4, -0.2) is 34.1 Å². The van der Waals surface area contributed by atoms with Crippen molar-refractivity contribution in [2.45, 2.75) is 44.9 Å². The van der Waals surface area contributed by atoms with Crippen LogP contribution in [0.5, 0.6) is 0 Å². The van der Waals surface area contributed by atoms with Crippen molar-refractivity contribution in [2.24, 2.45) is 11.8 Å². The molecule has 25 heavy (non-hydrogen) atoms. The number of hydrogen-bond acceptors (Lipinski definition) is 4. The van der Waals surface area contributed by atoms with Gasteiger partial charge in [-0.1, -0.05) is 31.0 Å². The lowest BCUT2D eigenvalue weighted by molar-refractivity contribution is -0.136. The van der Waals surface area contributed by atoms with Crippen LogP contribution in [0.3, 0.4) is 0 Å². The molecule has 1 aromatic heterocycles. The lowest BCUT2D eigenvalue weighted by Gasteiger charge is -2.33. The van der Waals surface area contributed by atoms with E-state index in [1.54, 1.807) is 0 Å². The van der Waals surface area contributed by atoms with Crippen LogP contribution in [0.15, 0.2) is 34.7 Å². The molecule has 0 atom stereocenters. The van der Waals surface area contributed by atoms with Crippen LogP contribution in [0.1, 0.15) is 44.4 Å². The summed E-state index contributed by atoms with van der Waals surface area (Å²) < 4.78 is 5.83. The zero-order valence-electron chi connectivity index (χ0n) is 14.6. The number of aromatic nitrogens is 2. The molecule has 0 bridgehead atoms. The first kappa shape index (κ1) is 16.3. The highest BCUT2D eigenvalue weighted by Gasteiger charge is 2.30. The minimum atomic E-state index is 0.293. The molecule has 0 spiro atoms. The third-order valence-corrected chi connectivity index (χ3v) is 5.58. The van der Waals surface area contributed by atoms with Crippen molar-refractivity contribution < 1.29 is 9.21 Å². The van der Waals surface area contributed by atoms with Crippen LogP contribution >= 0.6 is 0 Å². The van der Waals surface area contributed by atoms with Gasteiger partial charge in [-0.2, -0.15) is 0 Å². The number of nitrogens with zero attached hydrogens (tertiary/aromatic N) is 3. The average Bonchev–Trinajstić information content (AvgIpc) is 3.35. The third-order valence-electron chi connectivity index (χ3n) is 5.58. The molecule has 1 aliphatic heterocycles. The molecule has 5 nitrogen and oxygen atoms in total. The smallest absolute Gasteiger partial charge is 0.247 e. The van der Waals surface area contributed by atoms with Gasteiger partial charge in [0.25, 0.3) is 0 Å². The van der Waals surface area contributed by atoms with Crippen LogP contribution in [-0.2, 0) is 11.2 Å². The van der Waals surface area contributed by atoms with Crippen LogP contribution in [0.25, 0.3) is 11.5 Å². The molecule has 1 saturated heterocycles. The van der Waals surface area contributed by atoms with Gasteiger partial charge in [-0.25, -0.2) is 0 Å². The SMILES string of the molecule is O=C(C1CCCC1)N1CCC(Cc2nnc(-c3ccccc3)o2)CC1. The molecule has 5 heteroatoms. The van der Waals surface area contributed by atoms with Crippen molar-refractivity contribution in [2.75, 3.05) is 13.1 Å². The second-order valence-electron chi connectivity index (χ2n) is 7.32. The molecule has 1 aliphatic carbocycles. The van der Waals surface area contributed by atoms with Crippen molar-refractivity contribution in [3.8, 4) is 11.5 Å². The Balaban J connectivity index is 1.30. The van der Waals surface area contributed by atoms with Crippen LogP contribution in [0, 0.1) is 11.8 Å². The molecule has 0 N–H and O–H groups in total. The van der Waals surface area contributed by atoms with Crippen molar-refractivity contribution in [3.63, 3.8) is 0 Å². The maximum Gasteiger partial charge on any atom is 0.247 e. The zero-order valence-corrected chi connectivity index (χ0v) is 14.6. The van der Waals surface area contributed by atoms with Crippen molar-refractivity contribution in [1.82, 2.24) is 15.1 Å². The zero-order chi connectivity index (χ0) is 17.1. The van der Waals surface area contributed by atoms with E-state index in [1.807, 2.05) is 30.3 Å². The van der Waals surface area contributed by atoms with E-state index in [1.165, 1.54) is 12.8 Å². The highest BCUT2D eigenvalue weighted by molar-refractivity contribution is 5.79. The monoisotopic (exact) mass is 339 g/mol. The van der Waals surface area contributed by atoms with E-state index in [2.05, 4.69) is 15.1 Å². The number of hydrogen-bond donors (Lipinski definition) is 0. The Kier molecular flexibility index (Phi) is 4.81. The van der Waals surface area contributed by atoms with Gasteiger partial charge in [-0.3, -0.25) is 4.79 Å². The van der Waals surface area contributed by atoms with Gasteiger partial charge in [-0.05, 0) is 43.7 Å². The van der Waals surface area contributed by atoms with Crippen LogP contribution in [0.4, 0.5) is 0 Å². The van der Waals surface area contributed by atoms with Gasteiger partial charge in [0.2, 0.25) is 17.7 Å². The van der Waals surface area contributed by atoms with E-state index in [0.717, 1.165) is 50.8 Å². The van der Waals surface area contributed by atoms with Gasteiger partial charge in [0.1, 0.15) is 0 Å². The third kappa shape index (κ3) is 3.75. The predicted molar refractivity (Wildman–Crippen MR) is 94.7 cm³/mol. The van der Waals surface area contributed by atoms with Gasteiger partial charge in [-0.15, -0.1) is 10.2 Å². The quantitative estimate of drug-likeness (QED) is 0.852. The van der Waals surface area contributed by atoms with Gasteiger partial charge in [0, 0.05) is 31.0 Å². The minimum Gasteiger partial charge on any atom is -0.421 e. The number of likely N-dealkylation sites (tertiary alicyclic amines) is 1. The van der Waals surface area contributed by atoms with Crippen molar-refractivity contribution in [3.05, 3.63) is 36.2 Å². The number of carbonyl (C=O) groups is 1. The van der Waals surface area contributed by atoms with E-state index in [-0.39, 0.29) is 0 Å². The first-order chi connectivity index (χ1) is 12.3. The average molecular weight is 339 g/mol. The largest absolute Gasteiger partial charge is 0.421 e. The molecular weight excluding hydrogens is 314 g/mol. The maximum absolute atomic E-state index is 12.5. The summed E-state index contributed by atoms with van der Waals surface area (Å²) in [6.07, 6.45) is 7.47. The first-order valence-electron chi connectivity index (χ1n) is 9.46. The lowest BCUT2D eigenvalue weighted by atomic mass is 9.92. The highest BCUT2D eigenvalue weighted by atomic mass is 16.4. The number of piperidine rings is 1. The van der Waals surface area contributed by atoms with Gasteiger partial charge < -0.3 is 9.32 Å². The van der Waals surface area contributed by atoms with E-state index in [0.29, 0.717) is 29.5 Å². The van der Waals surface area contributed by atoms with E-state index in [4.69, 9.17) is 4.42 Å². The molecule has 0 radical (unpaired) electrons. The second-order valence-corrected chi connectivity index (χ2v) is 7.32. The Hall–Kier alpha value is -2.17. The molecule has 2 heterocycles. The summed E-state index contributed by atoms with van der Waals surface area (Å²) in [5.41, 5.74) is 0.957. The first-order valence-corrected chi connectivity index (χ1v) is 9.46. The summed E-state index contributed by atoms with van der Waals surface area (Å²) in [7, 11) is 0. The molecule has 1 aromatic carbocycles. The molecule has 2 fully saturated rings. The summed E-state index contributed by atoms with van der Waals surface area (Å²) >= 11 is 0. The van der Waals surface area contributed by atoms with Crippen molar-refractivity contribution >= 4 is 5.91 Å². The van der Waals surface area contributed by atoms with Gasteiger partial charge in [0.05, 0.1) is 0 Å². The van der Waals surface area contributed by atoms with E-state index >= 15 is 0 Å². The van der Waals surface area contributed by atoms with Gasteiger partial charge >= 0.3 is 0 Å². The van der Waals surface area contributed by atoms with Gasteiger partial charge in [0.15, 0.2) is 0 Å². The Morgan fingerprint density at radius 3 is 2.48 bits per heavy atom. The van der Waals surface area contributed by atoms with Crippen LogP contribution < -0.4 is 0 Å². The molecule has 2 aliphatic rings. The van der Waals surface area contributed by atoms with E-state index in [9.17, 15) is 4.79 Å². The highest BCUT2D eigenvalue weighted by Crippen LogP contribution is 2.29. The molecule has 0 unspecified atom stereocenters. The molecule has 1 amide bonds. The normalized spacial score (nSPS) is 19.4. The number of carbonyl (C=O) groups excluding carboxylic acids is 1. The Morgan fingerprint density at radius 2 is 1.76 bits per heavy atom. The summed E-state index contributed by atoms with van der Waals surface area (Å²) in [5, 5.41) is 8.37. The number of rotatable bonds is 4. The fourth-order valence-corrected chi connectivity index (χ4v) is 4.07. The summed E-state index contributed by atoms with van der Waals surface area (Å²) in [6.45, 7) is 1.75. The summed E-state index contributed by atoms with van der Waals surface area (Å²) in [4.78, 5) is 14.6. The number of benzene rings is 1. The lowest BCUT2D eigenvalue weighted by Crippen LogP contribution is -2.41. The molecule has 4 rings (SSSR count). The Labute approximate surface area is 148 Å². The topological polar surface area (TPSA) is 59.2 Å². The molecule has 1 saturated carbocycles. The number of amides is 1. The minimum absolute atomic E-state index is 0.293. The Morgan fingerprint density at radius 1 is 1.04 bits per heavy atom. The van der Waals surface area contributed by atoms with Crippen molar-refractivity contribution in [1.29, 1.82) is 0 Å². The molecular formula is C20H25N3O2. The molecule has 2 aromatic rings. The maximum atomic E-state index is 12.5. The second kappa shape index (κ2) is 7.38. The molecule has 132 valence electrons. The summed E-state index contributed by atoms with van der Waals surface area (Å²) in [6, 6.07) is 9.86. The standard InChI is InChI=1S/C20H25N3O2/c24-20(17-8-4-5-9-17)23-12-10-15(11-13-23)14-18-21-22-19(25-18)16-6-2-1-3-7-16/h1-3,6-7,15,17H,4-5,8-14H2. The fourth-order valence-electron chi connectivity index (χ4n) is 4.07.